The highest BCUT2D eigenvalue weighted by Gasteiger charge is 2.35. The molecule has 2 aromatic rings. The molecule has 0 saturated heterocycles. The Morgan fingerprint density at radius 2 is 1.73 bits per heavy atom. The molecule has 2 aromatic carbocycles. The van der Waals surface area contributed by atoms with Crippen molar-refractivity contribution in [3.05, 3.63) is 53.6 Å². The lowest BCUT2D eigenvalue weighted by Crippen LogP contribution is -2.50. The van der Waals surface area contributed by atoms with Gasteiger partial charge in [-0.3, -0.25) is 9.10 Å². The van der Waals surface area contributed by atoms with Gasteiger partial charge >= 0.3 is 0 Å². The van der Waals surface area contributed by atoms with Gasteiger partial charge in [0.2, 0.25) is 10.0 Å². The van der Waals surface area contributed by atoms with Crippen LogP contribution in [-0.2, 0) is 24.7 Å². The zero-order valence-corrected chi connectivity index (χ0v) is 18.7. The number of hydrogen-bond acceptors (Lipinski definition) is 6. The van der Waals surface area contributed by atoms with Gasteiger partial charge in [0.1, 0.15) is 5.75 Å². The second-order valence-electron chi connectivity index (χ2n) is 7.44. The minimum absolute atomic E-state index is 0.138. The third-order valence-electron chi connectivity index (χ3n) is 4.84. The molecule has 0 saturated carbocycles. The first kappa shape index (κ1) is 22.1. The van der Waals surface area contributed by atoms with Gasteiger partial charge in [-0.2, -0.15) is 0 Å². The van der Waals surface area contributed by atoms with E-state index in [0.717, 1.165) is 18.1 Å². The molecular weight excluding hydrogens is 428 g/mol. The van der Waals surface area contributed by atoms with Crippen LogP contribution in [0.25, 0.3) is 0 Å². The van der Waals surface area contributed by atoms with Crippen molar-refractivity contribution >= 4 is 31.5 Å². The van der Waals surface area contributed by atoms with Crippen molar-refractivity contribution in [3.8, 4) is 5.75 Å². The van der Waals surface area contributed by atoms with Crippen LogP contribution in [0.4, 0.5) is 5.69 Å². The van der Waals surface area contributed by atoms with E-state index in [0.29, 0.717) is 17.0 Å². The van der Waals surface area contributed by atoms with E-state index in [1.54, 1.807) is 37.3 Å². The lowest BCUT2D eigenvalue weighted by molar-refractivity contribution is -0.128. The van der Waals surface area contributed by atoms with Gasteiger partial charge in [-0.1, -0.05) is 18.2 Å². The minimum atomic E-state index is -3.60. The smallest absolute Gasteiger partial charge is 0.263 e. The second kappa shape index (κ2) is 7.92. The molecule has 0 aliphatic carbocycles. The quantitative estimate of drug-likeness (QED) is 0.741. The Kier molecular flexibility index (Phi) is 5.83. The molecule has 1 aliphatic heterocycles. The number of carbonyl (C=O) groups is 1. The van der Waals surface area contributed by atoms with Crippen LogP contribution in [-0.4, -0.2) is 47.9 Å². The fraction of sp³-hybridized carbons (Fsp3) is 0.350. The molecule has 1 heterocycles. The Hall–Kier alpha value is -2.59. The van der Waals surface area contributed by atoms with Gasteiger partial charge < -0.3 is 10.1 Å². The number of nitrogens with zero attached hydrogens (tertiary/aromatic N) is 1. The molecule has 8 nitrogen and oxygen atoms in total. The van der Waals surface area contributed by atoms with E-state index in [4.69, 9.17) is 4.74 Å². The van der Waals surface area contributed by atoms with Crippen LogP contribution >= 0.6 is 0 Å². The molecule has 0 spiro atoms. The summed E-state index contributed by atoms with van der Waals surface area (Å²) < 4.78 is 54.7. The monoisotopic (exact) mass is 452 g/mol. The fourth-order valence-corrected chi connectivity index (χ4v) is 4.75. The number of anilines is 1. The number of ether oxygens (including phenoxy) is 1. The number of rotatable bonds is 5. The van der Waals surface area contributed by atoms with Crippen LogP contribution in [0.2, 0.25) is 0 Å². The molecule has 1 N–H and O–H groups in total. The largest absolute Gasteiger partial charge is 0.476 e. The summed E-state index contributed by atoms with van der Waals surface area (Å²) in [6, 6.07) is 10.9. The molecule has 1 amide bonds. The number of nitrogens with one attached hydrogen (secondary N) is 1. The molecule has 162 valence electrons. The summed E-state index contributed by atoms with van der Waals surface area (Å²) in [7, 11) is -6.91. The van der Waals surface area contributed by atoms with Crippen LogP contribution < -0.4 is 14.4 Å². The number of benzene rings is 2. The Morgan fingerprint density at radius 3 is 2.30 bits per heavy atom. The highest BCUT2D eigenvalue weighted by molar-refractivity contribution is 7.92. The first-order chi connectivity index (χ1) is 13.9. The maximum absolute atomic E-state index is 12.8. The van der Waals surface area contributed by atoms with Crippen LogP contribution in [0.3, 0.4) is 0 Å². The van der Waals surface area contributed by atoms with Crippen molar-refractivity contribution in [1.82, 2.24) is 5.32 Å². The topological polar surface area (TPSA) is 110 Å². The number of aryl methyl sites for hydroxylation is 1. The zero-order chi connectivity index (χ0) is 22.3. The SMILES string of the molecule is Cc1ccc2c(c1)O[C@@H](C(=O)N[C@H](C)c1ccc(S(C)(=O)=O)cc1)CN2S(C)(=O)=O. The Labute approximate surface area is 176 Å². The molecular formula is C20H24N2O6S2. The normalized spacial score (nSPS) is 17.6. The van der Waals surface area contributed by atoms with Crippen molar-refractivity contribution in [1.29, 1.82) is 0 Å². The minimum Gasteiger partial charge on any atom is -0.476 e. The standard InChI is InChI=1S/C20H24N2O6S2/c1-13-5-10-17-18(11-13)28-19(12-22(17)30(4,26)27)20(23)21-14(2)15-6-8-16(9-7-15)29(3,24)25/h5-11,14,19H,12H2,1-4H3,(H,21,23)/t14-,19-/m1/s1. The van der Waals surface area contributed by atoms with Crippen molar-refractivity contribution in [2.45, 2.75) is 30.9 Å². The number of amides is 1. The Balaban J connectivity index is 1.80. The highest BCUT2D eigenvalue weighted by Crippen LogP contribution is 2.35. The second-order valence-corrected chi connectivity index (χ2v) is 11.4. The van der Waals surface area contributed by atoms with E-state index in [9.17, 15) is 21.6 Å². The van der Waals surface area contributed by atoms with Crippen LogP contribution in [0.15, 0.2) is 47.4 Å². The van der Waals surface area contributed by atoms with Crippen molar-refractivity contribution in [2.24, 2.45) is 0 Å². The maximum Gasteiger partial charge on any atom is 0.263 e. The van der Waals surface area contributed by atoms with E-state index in [-0.39, 0.29) is 11.4 Å². The number of sulfonamides is 1. The van der Waals surface area contributed by atoms with E-state index in [1.165, 1.54) is 16.4 Å². The highest BCUT2D eigenvalue weighted by atomic mass is 32.2. The van der Waals surface area contributed by atoms with Gasteiger partial charge in [-0.05, 0) is 49.2 Å². The Morgan fingerprint density at radius 1 is 1.10 bits per heavy atom. The summed E-state index contributed by atoms with van der Waals surface area (Å²) in [4.78, 5) is 13.0. The van der Waals surface area contributed by atoms with E-state index in [2.05, 4.69) is 5.32 Å². The number of carbonyl (C=O) groups excluding carboxylic acids is 1. The van der Waals surface area contributed by atoms with Gasteiger partial charge in [0.15, 0.2) is 15.9 Å². The molecule has 10 heteroatoms. The van der Waals surface area contributed by atoms with Crippen molar-refractivity contribution < 1.29 is 26.4 Å². The summed E-state index contributed by atoms with van der Waals surface area (Å²) >= 11 is 0. The molecule has 1 aliphatic rings. The summed E-state index contributed by atoms with van der Waals surface area (Å²) in [6.45, 7) is 3.46. The van der Waals surface area contributed by atoms with E-state index in [1.807, 2.05) is 6.92 Å². The molecule has 0 unspecified atom stereocenters. The first-order valence-electron chi connectivity index (χ1n) is 9.21. The number of sulfone groups is 1. The Bertz CT molecular complexity index is 1170. The summed E-state index contributed by atoms with van der Waals surface area (Å²) in [5.74, 6) is -0.132. The maximum atomic E-state index is 12.8. The third kappa shape index (κ3) is 4.76. The fourth-order valence-electron chi connectivity index (χ4n) is 3.21. The molecule has 0 bridgehead atoms. The number of hydrogen-bond donors (Lipinski definition) is 1. The third-order valence-corrected chi connectivity index (χ3v) is 7.12. The van der Waals surface area contributed by atoms with Gasteiger partial charge in [0, 0.05) is 6.26 Å². The first-order valence-corrected chi connectivity index (χ1v) is 13.0. The average molecular weight is 453 g/mol. The molecule has 0 radical (unpaired) electrons. The van der Waals surface area contributed by atoms with Gasteiger partial charge in [0.05, 0.1) is 29.4 Å². The summed E-state index contributed by atoms with van der Waals surface area (Å²) in [5, 5.41) is 2.81. The molecule has 0 fully saturated rings. The van der Waals surface area contributed by atoms with E-state index < -0.39 is 37.9 Å². The van der Waals surface area contributed by atoms with Gasteiger partial charge in [-0.15, -0.1) is 0 Å². The average Bonchev–Trinajstić information content (AvgIpc) is 2.65. The predicted octanol–water partition coefficient (Wildman–Crippen LogP) is 1.80. The summed E-state index contributed by atoms with van der Waals surface area (Å²) in [5.41, 5.74) is 1.99. The number of fused-ring (bicyclic) bond motifs is 1. The van der Waals surface area contributed by atoms with Crippen molar-refractivity contribution in [3.63, 3.8) is 0 Å². The zero-order valence-electron chi connectivity index (χ0n) is 17.1. The van der Waals surface area contributed by atoms with Crippen LogP contribution in [0.5, 0.6) is 5.75 Å². The molecule has 3 rings (SSSR count). The summed E-state index contributed by atoms with van der Waals surface area (Å²) in [6.07, 6.45) is 1.19. The van der Waals surface area contributed by atoms with Crippen molar-refractivity contribution in [2.75, 3.05) is 23.4 Å². The lowest BCUT2D eigenvalue weighted by Gasteiger charge is -2.34. The van der Waals surface area contributed by atoms with Gasteiger partial charge in [-0.25, -0.2) is 16.8 Å². The molecule has 0 aromatic heterocycles. The van der Waals surface area contributed by atoms with Crippen LogP contribution in [0.1, 0.15) is 24.1 Å². The van der Waals surface area contributed by atoms with Gasteiger partial charge in [0.25, 0.3) is 5.91 Å². The lowest BCUT2D eigenvalue weighted by atomic mass is 10.1. The molecule has 30 heavy (non-hydrogen) atoms. The van der Waals surface area contributed by atoms with E-state index >= 15 is 0 Å². The van der Waals surface area contributed by atoms with Crippen LogP contribution in [0, 0.1) is 6.92 Å². The molecule has 2 atom stereocenters. The predicted molar refractivity (Wildman–Crippen MR) is 114 cm³/mol.